The zero-order valence-corrected chi connectivity index (χ0v) is 12.1. The Balaban J connectivity index is 4.76. The van der Waals surface area contributed by atoms with E-state index in [1.54, 1.807) is 12.2 Å². The molecule has 104 valence electrons. The SMILES string of the molecule is C=C/C=C(/F)C(=C)C(=C)/C=C\C(=C)C(=C)/C=C\C(=C)C. The smallest absolute Gasteiger partial charge is 0.130 e. The van der Waals surface area contributed by atoms with Crippen LogP contribution in [0.15, 0.2) is 110 Å². The van der Waals surface area contributed by atoms with Gasteiger partial charge in [0.15, 0.2) is 0 Å². The van der Waals surface area contributed by atoms with Crippen molar-refractivity contribution in [3.8, 4) is 0 Å². The second-order valence-electron chi connectivity index (χ2n) is 4.32. The average Bonchev–Trinajstić information content (AvgIpc) is 2.40. The standard InChI is InChI=1S/C19H21F/c1-8-9-19(20)18(7)17(6)13-12-16(5)15(4)11-10-14(2)3/h8-13H,1-2,4-7H2,3H3/b11-10-,13-12-,19-9+. The molecule has 0 atom stereocenters. The van der Waals surface area contributed by atoms with Crippen molar-refractivity contribution in [1.82, 2.24) is 0 Å². The minimum absolute atomic E-state index is 0.219. The molecule has 0 saturated heterocycles. The van der Waals surface area contributed by atoms with Crippen molar-refractivity contribution < 1.29 is 4.39 Å². The third-order valence-corrected chi connectivity index (χ3v) is 2.41. The monoisotopic (exact) mass is 268 g/mol. The van der Waals surface area contributed by atoms with Crippen molar-refractivity contribution in [1.29, 1.82) is 0 Å². The molecule has 0 radical (unpaired) electrons. The molecule has 0 bridgehead atoms. The maximum absolute atomic E-state index is 13.5. The highest BCUT2D eigenvalue weighted by atomic mass is 19.1. The highest BCUT2D eigenvalue weighted by Crippen LogP contribution is 2.19. The maximum atomic E-state index is 13.5. The lowest BCUT2D eigenvalue weighted by molar-refractivity contribution is 0.656. The molecule has 0 amide bonds. The van der Waals surface area contributed by atoms with Gasteiger partial charge in [-0.2, -0.15) is 0 Å². The molecule has 0 aromatic carbocycles. The second kappa shape index (κ2) is 8.65. The Morgan fingerprint density at radius 3 is 1.70 bits per heavy atom. The van der Waals surface area contributed by atoms with E-state index in [-0.39, 0.29) is 5.57 Å². The molecule has 0 aliphatic heterocycles. The van der Waals surface area contributed by atoms with Gasteiger partial charge in [-0.3, -0.25) is 0 Å². The predicted molar refractivity (Wildman–Crippen MR) is 89.0 cm³/mol. The summed E-state index contributed by atoms with van der Waals surface area (Å²) in [4.78, 5) is 0. The Morgan fingerprint density at radius 2 is 1.25 bits per heavy atom. The zero-order chi connectivity index (χ0) is 15.7. The van der Waals surface area contributed by atoms with Gasteiger partial charge in [-0.1, -0.05) is 75.4 Å². The van der Waals surface area contributed by atoms with E-state index in [2.05, 4.69) is 39.5 Å². The van der Waals surface area contributed by atoms with E-state index in [4.69, 9.17) is 0 Å². The molecule has 1 heteroatoms. The number of hydrogen-bond acceptors (Lipinski definition) is 0. The van der Waals surface area contributed by atoms with E-state index in [1.807, 2.05) is 19.1 Å². The Labute approximate surface area is 121 Å². The third kappa shape index (κ3) is 6.50. The molecule has 0 saturated carbocycles. The zero-order valence-electron chi connectivity index (χ0n) is 12.1. The third-order valence-electron chi connectivity index (χ3n) is 2.41. The van der Waals surface area contributed by atoms with E-state index in [1.165, 1.54) is 12.2 Å². The summed E-state index contributed by atoms with van der Waals surface area (Å²) in [6.07, 6.45) is 9.65. The molecule has 0 nitrogen and oxygen atoms in total. The van der Waals surface area contributed by atoms with Crippen molar-refractivity contribution >= 4 is 0 Å². The van der Waals surface area contributed by atoms with Gasteiger partial charge in [0.05, 0.1) is 0 Å². The molecule has 0 heterocycles. The summed E-state index contributed by atoms with van der Waals surface area (Å²) < 4.78 is 13.5. The van der Waals surface area contributed by atoms with Gasteiger partial charge in [0.25, 0.3) is 0 Å². The summed E-state index contributed by atoms with van der Waals surface area (Å²) in [5.41, 5.74) is 3.09. The summed E-state index contributed by atoms with van der Waals surface area (Å²) in [5, 5.41) is 0. The first-order valence-electron chi connectivity index (χ1n) is 6.06. The molecule has 0 spiro atoms. The number of allylic oxidation sites excluding steroid dienone is 12. The van der Waals surface area contributed by atoms with E-state index >= 15 is 0 Å². The lowest BCUT2D eigenvalue weighted by atomic mass is 10.0. The molecular weight excluding hydrogens is 247 g/mol. The van der Waals surface area contributed by atoms with Crippen LogP contribution in [0.5, 0.6) is 0 Å². The Hall–Kier alpha value is -2.41. The second-order valence-corrected chi connectivity index (χ2v) is 4.32. The molecular formula is C19H21F. The van der Waals surface area contributed by atoms with E-state index in [0.717, 1.165) is 11.1 Å². The molecule has 20 heavy (non-hydrogen) atoms. The Kier molecular flexibility index (Phi) is 7.61. The summed E-state index contributed by atoms with van der Waals surface area (Å²) in [7, 11) is 0. The number of hydrogen-bond donors (Lipinski definition) is 0. The first kappa shape index (κ1) is 17.6. The van der Waals surface area contributed by atoms with Crippen molar-refractivity contribution in [2.75, 3.05) is 0 Å². The molecule has 0 unspecified atom stereocenters. The highest BCUT2D eigenvalue weighted by molar-refractivity contribution is 5.51. The van der Waals surface area contributed by atoms with Crippen LogP contribution >= 0.6 is 0 Å². The molecule has 0 aromatic heterocycles. The van der Waals surface area contributed by atoms with E-state index in [9.17, 15) is 4.39 Å². The van der Waals surface area contributed by atoms with Crippen LogP contribution in [0.3, 0.4) is 0 Å². The first-order chi connectivity index (χ1) is 9.29. The minimum Gasteiger partial charge on any atom is -0.206 e. The van der Waals surface area contributed by atoms with Gasteiger partial charge >= 0.3 is 0 Å². The van der Waals surface area contributed by atoms with Crippen LogP contribution in [-0.2, 0) is 0 Å². The molecule has 0 fully saturated rings. The Bertz CT molecular complexity index is 548. The predicted octanol–water partition coefficient (Wildman–Crippen LogP) is 5.94. The lowest BCUT2D eigenvalue weighted by Gasteiger charge is -2.03. The summed E-state index contributed by atoms with van der Waals surface area (Å²) >= 11 is 0. The maximum Gasteiger partial charge on any atom is 0.130 e. The van der Waals surface area contributed by atoms with Gasteiger partial charge in [-0.15, -0.1) is 0 Å². The van der Waals surface area contributed by atoms with Crippen molar-refractivity contribution in [3.05, 3.63) is 110 Å². The first-order valence-corrected chi connectivity index (χ1v) is 6.06. The fourth-order valence-electron chi connectivity index (χ4n) is 1.12. The van der Waals surface area contributed by atoms with Gasteiger partial charge < -0.3 is 0 Å². The molecule has 0 aliphatic carbocycles. The van der Waals surface area contributed by atoms with Crippen molar-refractivity contribution in [2.24, 2.45) is 0 Å². The van der Waals surface area contributed by atoms with Crippen LogP contribution in [0.2, 0.25) is 0 Å². The van der Waals surface area contributed by atoms with Crippen molar-refractivity contribution in [2.45, 2.75) is 6.92 Å². The largest absolute Gasteiger partial charge is 0.206 e. The van der Waals surface area contributed by atoms with E-state index in [0.29, 0.717) is 11.1 Å². The topological polar surface area (TPSA) is 0 Å². The quantitative estimate of drug-likeness (QED) is 0.478. The van der Waals surface area contributed by atoms with Gasteiger partial charge in [0, 0.05) is 5.57 Å². The Morgan fingerprint density at radius 1 is 0.800 bits per heavy atom. The van der Waals surface area contributed by atoms with Gasteiger partial charge in [-0.25, -0.2) is 4.39 Å². The highest BCUT2D eigenvalue weighted by Gasteiger charge is 2.02. The summed E-state index contributed by atoms with van der Waals surface area (Å²) in [6.45, 7) is 24.2. The van der Waals surface area contributed by atoms with Crippen LogP contribution in [0.4, 0.5) is 4.39 Å². The van der Waals surface area contributed by atoms with Crippen molar-refractivity contribution in [3.63, 3.8) is 0 Å². The normalized spacial score (nSPS) is 11.6. The number of rotatable bonds is 8. The number of halogens is 1. The fraction of sp³-hybridized carbons (Fsp3) is 0.0526. The van der Waals surface area contributed by atoms with Gasteiger partial charge in [0.1, 0.15) is 5.83 Å². The van der Waals surface area contributed by atoms with E-state index < -0.39 is 5.83 Å². The molecule has 0 aromatic rings. The molecule has 0 aliphatic rings. The van der Waals surface area contributed by atoms with Gasteiger partial charge in [0.2, 0.25) is 0 Å². The molecule has 0 rings (SSSR count). The average molecular weight is 268 g/mol. The van der Waals surface area contributed by atoms with Crippen LogP contribution in [0.1, 0.15) is 6.92 Å². The van der Waals surface area contributed by atoms with Crippen LogP contribution in [-0.4, -0.2) is 0 Å². The lowest BCUT2D eigenvalue weighted by Crippen LogP contribution is -1.85. The van der Waals surface area contributed by atoms with Crippen LogP contribution < -0.4 is 0 Å². The summed E-state index contributed by atoms with van der Waals surface area (Å²) in [6, 6.07) is 0. The van der Waals surface area contributed by atoms with Gasteiger partial charge in [-0.05, 0) is 29.7 Å². The minimum atomic E-state index is -0.457. The summed E-state index contributed by atoms with van der Waals surface area (Å²) in [5.74, 6) is -0.457. The molecule has 0 N–H and O–H groups in total. The van der Waals surface area contributed by atoms with Crippen LogP contribution in [0, 0.1) is 0 Å². The van der Waals surface area contributed by atoms with Crippen LogP contribution in [0.25, 0.3) is 0 Å². The fourth-order valence-corrected chi connectivity index (χ4v) is 1.12.